The lowest BCUT2D eigenvalue weighted by atomic mass is 9.55. The number of rotatable bonds is 20. The van der Waals surface area contributed by atoms with Crippen LogP contribution in [-0.2, 0) is 20.9 Å². The Morgan fingerprint density at radius 3 is 2.52 bits per heavy atom. The number of aliphatic hydroxyl groups is 2. The Bertz CT molecular complexity index is 2040. The predicted octanol–water partition coefficient (Wildman–Crippen LogP) is 9.21. The van der Waals surface area contributed by atoms with Crippen LogP contribution in [0.1, 0.15) is 107 Å². The summed E-state index contributed by atoms with van der Waals surface area (Å²) in [5.41, 5.74) is 3.63. The van der Waals surface area contributed by atoms with Crippen LogP contribution in [0, 0.1) is 23.7 Å². The van der Waals surface area contributed by atoms with Gasteiger partial charge in [0.15, 0.2) is 0 Å². The highest BCUT2D eigenvalue weighted by atomic mass is 16.7. The van der Waals surface area contributed by atoms with E-state index in [1.165, 1.54) is 12.8 Å². The highest BCUT2D eigenvalue weighted by molar-refractivity contribution is 6.03. The third-order valence-corrected chi connectivity index (χ3v) is 13.5. The number of hydrogen-bond donors (Lipinski definition) is 3. The van der Waals surface area contributed by atoms with Crippen LogP contribution >= 0.6 is 0 Å². The average molecular weight is 836 g/mol. The van der Waals surface area contributed by atoms with Gasteiger partial charge < -0.3 is 39.5 Å². The zero-order valence-electron chi connectivity index (χ0n) is 36.1. The standard InChI is InChI=1S/C50H65N3O8/c1-4-29-59-50-45(53(46(56)26-23-34-15-6-7-16-34)33-37-20-14-19-35-17-8-9-21-39(35)37)32-43(52-58-3)41-30-36(18-10-12-27-54)40(22-11-13-28-55)47(48(41)50)42-31-38(24-25-44(42)61-50)60-49(57)51-5-2/h4,8-9,14,17,19-21,24-25,30-31,34,36,40,45,47-48,54-55H,1,5-7,10-13,15-16,18,22-23,26-29,32-33H2,2-3H3,(H,51,57)/t36-,40+,45-,47+,48+,50+/m0/s1. The summed E-state index contributed by atoms with van der Waals surface area (Å²) in [5, 5.41) is 29.5. The van der Waals surface area contributed by atoms with Crippen LogP contribution in [0.25, 0.3) is 10.8 Å². The van der Waals surface area contributed by atoms with Crippen molar-refractivity contribution in [2.45, 2.75) is 115 Å². The van der Waals surface area contributed by atoms with Gasteiger partial charge in [0, 0.05) is 50.6 Å². The second-order valence-corrected chi connectivity index (χ2v) is 17.2. The summed E-state index contributed by atoms with van der Waals surface area (Å²) >= 11 is 0. The van der Waals surface area contributed by atoms with Crippen LogP contribution in [0.15, 0.2) is 90.1 Å². The van der Waals surface area contributed by atoms with Crippen molar-refractivity contribution in [1.29, 1.82) is 0 Å². The van der Waals surface area contributed by atoms with Crippen molar-refractivity contribution < 1.29 is 38.9 Å². The fourth-order valence-corrected chi connectivity index (χ4v) is 10.9. The molecule has 0 unspecified atom stereocenters. The van der Waals surface area contributed by atoms with Gasteiger partial charge in [0.2, 0.25) is 11.7 Å². The largest absolute Gasteiger partial charge is 0.459 e. The molecule has 7 rings (SSSR count). The molecule has 0 bridgehead atoms. The Morgan fingerprint density at radius 2 is 1.77 bits per heavy atom. The second kappa shape index (κ2) is 20.9. The Morgan fingerprint density at radius 1 is 1.00 bits per heavy atom. The van der Waals surface area contributed by atoms with Crippen molar-refractivity contribution in [3.8, 4) is 11.5 Å². The number of hydrogen-bond acceptors (Lipinski definition) is 9. The molecule has 61 heavy (non-hydrogen) atoms. The topological polar surface area (TPSA) is 139 Å². The van der Waals surface area contributed by atoms with Crippen LogP contribution in [-0.4, -0.2) is 78.1 Å². The van der Waals surface area contributed by atoms with Gasteiger partial charge >= 0.3 is 6.09 Å². The quantitative estimate of drug-likeness (QED) is 0.0582. The first kappa shape index (κ1) is 44.3. The molecule has 3 aromatic carbocycles. The molecule has 0 radical (unpaired) electrons. The van der Waals surface area contributed by atoms with Gasteiger partial charge in [-0.05, 0) is 96.9 Å². The van der Waals surface area contributed by atoms with E-state index in [2.05, 4.69) is 48.3 Å². The van der Waals surface area contributed by atoms with Gasteiger partial charge in [-0.15, -0.1) is 6.58 Å². The number of allylic oxidation sites excluding steroid dienone is 1. The zero-order valence-corrected chi connectivity index (χ0v) is 36.1. The lowest BCUT2D eigenvalue weighted by Gasteiger charge is -2.60. The number of nitrogens with zero attached hydrogens (tertiary/aromatic N) is 2. The maximum absolute atomic E-state index is 15.2. The molecular weight excluding hydrogens is 771 g/mol. The molecule has 2 saturated carbocycles. The fraction of sp³-hybridized carbons (Fsp3) is 0.540. The minimum Gasteiger partial charge on any atom is -0.459 e. The number of oxime groups is 1. The summed E-state index contributed by atoms with van der Waals surface area (Å²) in [6.45, 7) is 7.05. The molecule has 0 aromatic heterocycles. The van der Waals surface area contributed by atoms with Crippen molar-refractivity contribution in [1.82, 2.24) is 10.2 Å². The van der Waals surface area contributed by atoms with E-state index in [-0.39, 0.29) is 43.5 Å². The molecule has 6 atom stereocenters. The number of carbonyl (C=O) groups is 2. The number of ether oxygens (including phenoxy) is 3. The zero-order chi connectivity index (χ0) is 42.8. The van der Waals surface area contributed by atoms with Gasteiger partial charge in [-0.1, -0.05) is 98.3 Å². The van der Waals surface area contributed by atoms with Gasteiger partial charge in [0.05, 0.1) is 18.2 Å². The van der Waals surface area contributed by atoms with E-state index < -0.39 is 23.8 Å². The third-order valence-electron chi connectivity index (χ3n) is 13.5. The van der Waals surface area contributed by atoms with Crippen molar-refractivity contribution in [3.05, 3.63) is 96.1 Å². The molecule has 328 valence electrons. The number of aliphatic hydroxyl groups excluding tert-OH is 2. The average Bonchev–Trinajstić information content (AvgIpc) is 3.80. The minimum absolute atomic E-state index is 0.0418. The Hall–Kier alpha value is -4.71. The van der Waals surface area contributed by atoms with Crippen molar-refractivity contribution in [2.75, 3.05) is 33.5 Å². The number of unbranched alkanes of at least 4 members (excludes halogenated alkanes) is 2. The van der Waals surface area contributed by atoms with Crippen LogP contribution in [0.4, 0.5) is 4.79 Å². The number of carbonyl (C=O) groups excluding carboxylic acids is 2. The van der Waals surface area contributed by atoms with Crippen LogP contribution in [0.2, 0.25) is 0 Å². The van der Waals surface area contributed by atoms with Crippen LogP contribution in [0.5, 0.6) is 11.5 Å². The van der Waals surface area contributed by atoms with Crippen LogP contribution in [0.3, 0.4) is 0 Å². The summed E-state index contributed by atoms with van der Waals surface area (Å²) < 4.78 is 20.4. The smallest absolute Gasteiger partial charge is 0.412 e. The Labute approximate surface area is 361 Å². The van der Waals surface area contributed by atoms with Gasteiger partial charge in [0.1, 0.15) is 24.7 Å². The van der Waals surface area contributed by atoms with Crippen molar-refractivity contribution >= 4 is 28.5 Å². The molecule has 4 aliphatic rings. The monoisotopic (exact) mass is 835 g/mol. The molecule has 1 aliphatic heterocycles. The summed E-state index contributed by atoms with van der Waals surface area (Å²) in [5.74, 6) is -0.379. The SMILES string of the molecule is C=CCO[C@@]12Oc3ccc(OC(=O)NCC)cc3[C@H]3[C@H](CCCCO)[C@@H](CCCCO)C=C(C(=NOC)C[C@@H]1N(Cc1cccc4ccccc14)C(=O)CCC1CCCC1)[C@H]32. The van der Waals surface area contributed by atoms with E-state index in [1.54, 1.807) is 19.3 Å². The lowest BCUT2D eigenvalue weighted by Crippen LogP contribution is -2.70. The predicted molar refractivity (Wildman–Crippen MR) is 237 cm³/mol. The highest BCUT2D eigenvalue weighted by Crippen LogP contribution is 2.62. The molecule has 2 fully saturated rings. The number of amides is 2. The van der Waals surface area contributed by atoms with E-state index in [4.69, 9.17) is 24.2 Å². The van der Waals surface area contributed by atoms with E-state index in [9.17, 15) is 15.0 Å². The van der Waals surface area contributed by atoms with E-state index in [0.29, 0.717) is 56.2 Å². The molecule has 2 amide bonds. The fourth-order valence-electron chi connectivity index (χ4n) is 10.9. The number of fused-ring (bicyclic) bond motifs is 3. The molecule has 11 nitrogen and oxygen atoms in total. The Kier molecular flexibility index (Phi) is 15.2. The molecule has 11 heteroatoms. The minimum atomic E-state index is -1.38. The first-order valence-electron chi connectivity index (χ1n) is 22.7. The van der Waals surface area contributed by atoms with Gasteiger partial charge in [0.25, 0.3) is 0 Å². The normalized spacial score (nSPS) is 25.0. The summed E-state index contributed by atoms with van der Waals surface area (Å²) in [6.07, 6.45) is 14.4. The first-order valence-corrected chi connectivity index (χ1v) is 22.7. The second-order valence-electron chi connectivity index (χ2n) is 17.2. The lowest BCUT2D eigenvalue weighted by molar-refractivity contribution is -0.258. The summed E-state index contributed by atoms with van der Waals surface area (Å²) in [7, 11) is 1.56. The molecule has 0 saturated heterocycles. The molecular formula is C50H65N3O8. The number of benzene rings is 3. The molecule has 3 aromatic rings. The van der Waals surface area contributed by atoms with Crippen molar-refractivity contribution in [3.63, 3.8) is 0 Å². The maximum Gasteiger partial charge on any atom is 0.412 e. The van der Waals surface area contributed by atoms with Gasteiger partial charge in [-0.2, -0.15) is 0 Å². The first-order chi connectivity index (χ1) is 29.8. The molecule has 0 spiro atoms. The summed E-state index contributed by atoms with van der Waals surface area (Å²) in [4.78, 5) is 35.7. The third kappa shape index (κ3) is 9.69. The maximum atomic E-state index is 15.2. The van der Waals surface area contributed by atoms with E-state index in [0.717, 1.165) is 78.1 Å². The van der Waals surface area contributed by atoms with Crippen molar-refractivity contribution in [2.24, 2.45) is 28.8 Å². The van der Waals surface area contributed by atoms with E-state index >= 15 is 4.79 Å². The van der Waals surface area contributed by atoms with E-state index in [1.807, 2.05) is 36.1 Å². The van der Waals surface area contributed by atoms with Gasteiger partial charge in [-0.3, -0.25) is 4.79 Å². The molecule has 3 N–H and O–H groups in total. The number of nitrogens with one attached hydrogen (secondary N) is 1. The summed E-state index contributed by atoms with van der Waals surface area (Å²) in [6, 6.07) is 19.5. The van der Waals surface area contributed by atoms with Crippen LogP contribution < -0.4 is 14.8 Å². The van der Waals surface area contributed by atoms with Gasteiger partial charge in [-0.25, -0.2) is 4.79 Å². The molecule has 3 aliphatic carbocycles. The molecule has 1 heterocycles. The Balaban J connectivity index is 1.44. The highest BCUT2D eigenvalue weighted by Gasteiger charge is 2.65.